The number of hydrogen-bond acceptors (Lipinski definition) is 0. The molecule has 0 nitrogen and oxygen atoms in total. The number of hydrogen-bond donors (Lipinski definition) is 0. The van der Waals surface area contributed by atoms with E-state index in [-0.39, 0.29) is 5.41 Å². The highest BCUT2D eigenvalue weighted by Crippen LogP contribution is 2.58. The summed E-state index contributed by atoms with van der Waals surface area (Å²) < 4.78 is 0. The van der Waals surface area contributed by atoms with E-state index in [1.54, 1.807) is 0 Å². The van der Waals surface area contributed by atoms with Gasteiger partial charge in [-0.1, -0.05) is 153 Å². The normalized spacial score (nSPS) is 14.8. The lowest BCUT2D eigenvalue weighted by atomic mass is 9.79. The number of rotatable bonds is 10. The van der Waals surface area contributed by atoms with Gasteiger partial charge in [0.2, 0.25) is 0 Å². The molecule has 2 unspecified atom stereocenters. The number of aryl methyl sites for hydroxylation is 4. The molecule has 0 saturated heterocycles. The molecule has 0 aliphatic rings. The van der Waals surface area contributed by atoms with Crippen LogP contribution >= 0.6 is 15.8 Å². The highest BCUT2D eigenvalue weighted by molar-refractivity contribution is 7.74. The molecule has 2 heteroatoms. The molecule has 0 spiro atoms. The van der Waals surface area contributed by atoms with E-state index in [2.05, 4.69) is 152 Å². The van der Waals surface area contributed by atoms with Crippen LogP contribution in [-0.4, -0.2) is 11.3 Å². The van der Waals surface area contributed by atoms with Crippen LogP contribution in [0.2, 0.25) is 0 Å². The first kappa shape index (κ1) is 29.7. The molecule has 0 fully saturated rings. The SMILES string of the molecule is CCCC(C)(C(C)P(c1ccc(C)cc1)c1ccc(C)cc1)C(C)P(c1ccc(C)cc1)c1ccc(C)cc1. The van der Waals surface area contributed by atoms with Crippen LogP contribution in [0.4, 0.5) is 0 Å². The standard InChI is InChI=1S/C37H46P2/c1-9-26-37(8,31(6)38(33-18-10-27(2)11-19-33)34-20-12-28(3)13-21-34)32(7)39(35-22-14-29(4)15-23-35)36-24-16-30(5)17-25-36/h10-25,31-32H,9,26H2,1-8H3. The van der Waals surface area contributed by atoms with Crippen molar-refractivity contribution in [2.45, 2.75) is 79.5 Å². The van der Waals surface area contributed by atoms with E-state index < -0.39 is 15.8 Å². The van der Waals surface area contributed by atoms with Crippen molar-refractivity contribution in [2.24, 2.45) is 5.41 Å². The first-order valence-electron chi connectivity index (χ1n) is 14.5. The Labute approximate surface area is 240 Å². The van der Waals surface area contributed by atoms with Crippen LogP contribution in [0.25, 0.3) is 0 Å². The average Bonchev–Trinajstić information content (AvgIpc) is 2.93. The molecule has 0 heterocycles. The lowest BCUT2D eigenvalue weighted by Crippen LogP contribution is -2.43. The molecule has 0 aromatic heterocycles. The van der Waals surface area contributed by atoms with Crippen LogP contribution in [-0.2, 0) is 0 Å². The lowest BCUT2D eigenvalue weighted by Gasteiger charge is -2.48. The van der Waals surface area contributed by atoms with Crippen molar-refractivity contribution in [3.8, 4) is 0 Å². The highest BCUT2D eigenvalue weighted by Gasteiger charge is 2.44. The second-order valence-electron chi connectivity index (χ2n) is 11.7. The van der Waals surface area contributed by atoms with Crippen molar-refractivity contribution in [1.29, 1.82) is 0 Å². The zero-order chi connectivity index (χ0) is 28.2. The third-order valence-electron chi connectivity index (χ3n) is 8.72. The summed E-state index contributed by atoms with van der Waals surface area (Å²) in [6, 6.07) is 37.6. The van der Waals surface area contributed by atoms with Crippen LogP contribution in [0.15, 0.2) is 97.1 Å². The molecule has 2 atom stereocenters. The Morgan fingerprint density at radius 3 is 0.923 bits per heavy atom. The van der Waals surface area contributed by atoms with Crippen molar-refractivity contribution in [1.82, 2.24) is 0 Å². The molecule has 39 heavy (non-hydrogen) atoms. The van der Waals surface area contributed by atoms with Gasteiger partial charge < -0.3 is 0 Å². The van der Waals surface area contributed by atoms with E-state index in [9.17, 15) is 0 Å². The Hall–Kier alpha value is -2.26. The van der Waals surface area contributed by atoms with Gasteiger partial charge >= 0.3 is 0 Å². The Balaban J connectivity index is 1.85. The molecule has 4 aromatic rings. The van der Waals surface area contributed by atoms with E-state index in [0.29, 0.717) is 11.3 Å². The molecule has 0 aliphatic carbocycles. The minimum absolute atomic E-state index is 0.164. The summed E-state index contributed by atoms with van der Waals surface area (Å²) in [7, 11) is -1.06. The molecule has 0 N–H and O–H groups in total. The van der Waals surface area contributed by atoms with Crippen molar-refractivity contribution in [2.75, 3.05) is 0 Å². The molecular weight excluding hydrogens is 506 g/mol. The molecule has 4 rings (SSSR count). The summed E-state index contributed by atoms with van der Waals surface area (Å²) in [6.45, 7) is 18.9. The third kappa shape index (κ3) is 6.73. The molecule has 0 radical (unpaired) electrons. The van der Waals surface area contributed by atoms with Gasteiger partial charge in [0.15, 0.2) is 0 Å². The zero-order valence-electron chi connectivity index (χ0n) is 25.2. The van der Waals surface area contributed by atoms with Crippen LogP contribution in [0.1, 0.15) is 62.8 Å². The molecular formula is C37H46P2. The topological polar surface area (TPSA) is 0 Å². The summed E-state index contributed by atoms with van der Waals surface area (Å²) >= 11 is 0. The predicted octanol–water partition coefficient (Wildman–Crippen LogP) is 9.07. The molecule has 0 aliphatic heterocycles. The van der Waals surface area contributed by atoms with Crippen molar-refractivity contribution in [3.05, 3.63) is 119 Å². The zero-order valence-corrected chi connectivity index (χ0v) is 27.0. The van der Waals surface area contributed by atoms with Gasteiger partial charge in [0.05, 0.1) is 0 Å². The van der Waals surface area contributed by atoms with Gasteiger partial charge in [0.1, 0.15) is 0 Å². The van der Waals surface area contributed by atoms with Gasteiger partial charge in [-0.25, -0.2) is 0 Å². The van der Waals surface area contributed by atoms with E-state index in [4.69, 9.17) is 0 Å². The highest BCUT2D eigenvalue weighted by atomic mass is 31.1. The van der Waals surface area contributed by atoms with E-state index in [0.717, 1.165) is 0 Å². The Bertz CT molecular complexity index is 1130. The first-order valence-corrected chi connectivity index (χ1v) is 17.3. The van der Waals surface area contributed by atoms with Crippen LogP contribution in [0.3, 0.4) is 0 Å². The van der Waals surface area contributed by atoms with Gasteiger partial charge in [0, 0.05) is 0 Å². The minimum atomic E-state index is -0.531. The molecule has 4 aromatic carbocycles. The number of benzene rings is 4. The van der Waals surface area contributed by atoms with Crippen molar-refractivity contribution in [3.63, 3.8) is 0 Å². The molecule has 0 bridgehead atoms. The van der Waals surface area contributed by atoms with Gasteiger partial charge in [-0.2, -0.15) is 0 Å². The Morgan fingerprint density at radius 1 is 0.487 bits per heavy atom. The van der Waals surface area contributed by atoms with Gasteiger partial charge in [-0.3, -0.25) is 0 Å². The van der Waals surface area contributed by atoms with Gasteiger partial charge in [-0.05, 0) is 87.9 Å². The molecule has 204 valence electrons. The second-order valence-corrected chi connectivity index (χ2v) is 16.8. The summed E-state index contributed by atoms with van der Waals surface area (Å²) in [5.41, 5.74) is 6.53. The maximum Gasteiger partial charge on any atom is -0.00971 e. The first-order chi connectivity index (χ1) is 18.6. The van der Waals surface area contributed by atoms with Crippen LogP contribution < -0.4 is 21.2 Å². The fraction of sp³-hybridized carbons (Fsp3) is 0.351. The fourth-order valence-corrected chi connectivity index (χ4v) is 12.2. The summed E-state index contributed by atoms with van der Waals surface area (Å²) in [4.78, 5) is 0. The summed E-state index contributed by atoms with van der Waals surface area (Å²) in [6.07, 6.45) is 2.42. The smallest absolute Gasteiger partial charge is 0.00971 e. The summed E-state index contributed by atoms with van der Waals surface area (Å²) in [5, 5.41) is 5.99. The minimum Gasteiger partial charge on any atom is -0.0654 e. The maximum atomic E-state index is 2.61. The maximum absolute atomic E-state index is 2.61. The largest absolute Gasteiger partial charge is 0.0654 e. The van der Waals surface area contributed by atoms with Crippen molar-refractivity contribution >= 4 is 37.1 Å². The second kappa shape index (κ2) is 12.9. The third-order valence-corrected chi connectivity index (χ3v) is 14.9. The van der Waals surface area contributed by atoms with E-state index in [1.807, 2.05) is 0 Å². The van der Waals surface area contributed by atoms with Gasteiger partial charge in [-0.15, -0.1) is 0 Å². The molecule has 0 amide bonds. The van der Waals surface area contributed by atoms with E-state index >= 15 is 0 Å². The van der Waals surface area contributed by atoms with Crippen LogP contribution in [0, 0.1) is 33.1 Å². The fourth-order valence-electron chi connectivity index (χ4n) is 5.91. The predicted molar refractivity (Wildman–Crippen MR) is 179 cm³/mol. The molecule has 0 saturated carbocycles. The lowest BCUT2D eigenvalue weighted by molar-refractivity contribution is 0.286. The Morgan fingerprint density at radius 2 is 0.718 bits per heavy atom. The van der Waals surface area contributed by atoms with E-state index in [1.165, 1.54) is 56.3 Å². The monoisotopic (exact) mass is 552 g/mol. The van der Waals surface area contributed by atoms with Crippen molar-refractivity contribution < 1.29 is 0 Å². The van der Waals surface area contributed by atoms with Gasteiger partial charge in [0.25, 0.3) is 0 Å². The summed E-state index contributed by atoms with van der Waals surface area (Å²) in [5.74, 6) is 0. The average molecular weight is 553 g/mol. The van der Waals surface area contributed by atoms with Crippen LogP contribution in [0.5, 0.6) is 0 Å². The quantitative estimate of drug-likeness (QED) is 0.172. The Kier molecular flexibility index (Phi) is 9.86.